The van der Waals surface area contributed by atoms with Crippen LogP contribution in [0.1, 0.15) is 20.3 Å². The molecule has 9 heteroatoms. The van der Waals surface area contributed by atoms with Crippen molar-refractivity contribution in [2.45, 2.75) is 39.0 Å². The molecule has 0 fully saturated rings. The van der Waals surface area contributed by atoms with Crippen LogP contribution in [0, 0.1) is 0 Å². The molecule has 0 saturated heterocycles. The molecule has 1 N–H and O–H groups in total. The summed E-state index contributed by atoms with van der Waals surface area (Å²) in [5.41, 5.74) is -0.389. The summed E-state index contributed by atoms with van der Waals surface area (Å²) in [5, 5.41) is 6.64. The molecule has 120 valence electrons. The zero-order valence-electron chi connectivity index (χ0n) is 11.7. The summed E-state index contributed by atoms with van der Waals surface area (Å²) >= 11 is 4.85. The highest BCUT2D eigenvalue weighted by atomic mass is 79.9. The highest BCUT2D eigenvalue weighted by molar-refractivity contribution is 9.10. The molecular weight excluding hydrogens is 371 g/mol. The largest absolute Gasteiger partial charge is 0.408 e. The molecule has 21 heavy (non-hydrogen) atoms. The molecule has 1 rings (SSSR count). The van der Waals surface area contributed by atoms with Gasteiger partial charge in [0.2, 0.25) is 0 Å². The first kappa shape index (κ1) is 18.3. The van der Waals surface area contributed by atoms with Gasteiger partial charge in [-0.3, -0.25) is 4.79 Å². The molecule has 0 aromatic carbocycles. The lowest BCUT2D eigenvalue weighted by Gasteiger charge is -2.16. The van der Waals surface area contributed by atoms with E-state index in [9.17, 15) is 18.0 Å². The fraction of sp³-hybridized carbons (Fsp3) is 0.667. The molecule has 0 bridgehead atoms. The number of alkyl halides is 3. The Morgan fingerprint density at radius 2 is 2.19 bits per heavy atom. The van der Waals surface area contributed by atoms with E-state index in [1.165, 1.54) is 6.20 Å². The third-order valence-corrected chi connectivity index (χ3v) is 4.31. The van der Waals surface area contributed by atoms with Crippen molar-refractivity contribution in [3.8, 4) is 0 Å². The van der Waals surface area contributed by atoms with Crippen molar-refractivity contribution in [2.24, 2.45) is 0 Å². The molecule has 1 unspecified atom stereocenters. The van der Waals surface area contributed by atoms with Crippen LogP contribution in [0.25, 0.3) is 0 Å². The molecule has 0 saturated carbocycles. The normalized spacial score (nSPS) is 13.2. The highest BCUT2D eigenvalue weighted by Crippen LogP contribution is 2.20. The van der Waals surface area contributed by atoms with E-state index in [0.29, 0.717) is 10.4 Å². The molecule has 1 heterocycles. The Morgan fingerprint density at radius 1 is 1.52 bits per heavy atom. The van der Waals surface area contributed by atoms with E-state index in [-0.39, 0.29) is 10.5 Å². The molecule has 4 nitrogen and oxygen atoms in total. The van der Waals surface area contributed by atoms with Crippen LogP contribution in [0.5, 0.6) is 0 Å². The van der Waals surface area contributed by atoms with E-state index in [0.717, 1.165) is 17.9 Å². The van der Waals surface area contributed by atoms with Crippen LogP contribution in [-0.2, 0) is 6.54 Å². The van der Waals surface area contributed by atoms with Gasteiger partial charge < -0.3 is 5.32 Å². The van der Waals surface area contributed by atoms with Gasteiger partial charge in [0, 0.05) is 6.04 Å². The third-order valence-electron chi connectivity index (χ3n) is 2.62. The molecule has 0 aliphatic carbocycles. The first-order valence-corrected chi connectivity index (χ1v) is 8.36. The van der Waals surface area contributed by atoms with Crippen LogP contribution in [-0.4, -0.2) is 33.5 Å². The van der Waals surface area contributed by atoms with Crippen molar-refractivity contribution in [2.75, 3.05) is 16.8 Å². The van der Waals surface area contributed by atoms with Crippen LogP contribution in [0.15, 0.2) is 15.5 Å². The quantitative estimate of drug-likeness (QED) is 0.727. The minimum absolute atomic E-state index is 0.0664. The maximum atomic E-state index is 12.3. The van der Waals surface area contributed by atoms with Gasteiger partial charge in [0.15, 0.2) is 0 Å². The van der Waals surface area contributed by atoms with Gasteiger partial charge in [-0.25, -0.2) is 4.68 Å². The zero-order valence-corrected chi connectivity index (χ0v) is 14.1. The Balaban J connectivity index is 2.78. The number of thioether (sulfide) groups is 1. The van der Waals surface area contributed by atoms with Gasteiger partial charge in [-0.05, 0) is 40.8 Å². The second-order valence-corrected chi connectivity index (χ2v) is 6.67. The van der Waals surface area contributed by atoms with E-state index in [1.54, 1.807) is 11.8 Å². The minimum Gasteiger partial charge on any atom is -0.380 e. The fourth-order valence-corrected chi connectivity index (χ4v) is 2.82. The first-order valence-electron chi connectivity index (χ1n) is 6.41. The number of hydrogen-bond acceptors (Lipinski definition) is 4. The van der Waals surface area contributed by atoms with Crippen molar-refractivity contribution in [1.29, 1.82) is 0 Å². The van der Waals surface area contributed by atoms with Crippen molar-refractivity contribution >= 4 is 33.4 Å². The number of halogens is 4. The van der Waals surface area contributed by atoms with E-state index >= 15 is 0 Å². The number of hydrogen-bond donors (Lipinski definition) is 1. The molecule has 1 aromatic heterocycles. The van der Waals surface area contributed by atoms with E-state index in [2.05, 4.69) is 33.3 Å². The standard InChI is InChI=1S/C12H17BrF3N3OS/c1-3-21-5-4-8(2)18-9-6-17-19(7-12(14,15)16)11(20)10(9)13/h6,8,18H,3-5,7H2,1-2H3. The van der Waals surface area contributed by atoms with Gasteiger partial charge in [0.1, 0.15) is 11.0 Å². The van der Waals surface area contributed by atoms with Gasteiger partial charge in [0.25, 0.3) is 5.56 Å². The molecule has 0 spiro atoms. The van der Waals surface area contributed by atoms with Crippen molar-refractivity contribution in [1.82, 2.24) is 9.78 Å². The zero-order chi connectivity index (χ0) is 16.0. The molecule has 0 aliphatic rings. The smallest absolute Gasteiger partial charge is 0.380 e. The predicted molar refractivity (Wildman–Crippen MR) is 83.0 cm³/mol. The lowest BCUT2D eigenvalue weighted by Crippen LogP contribution is -2.31. The molecular formula is C12H17BrF3N3OS. The summed E-state index contributed by atoms with van der Waals surface area (Å²) in [5.74, 6) is 2.01. The van der Waals surface area contributed by atoms with Crippen molar-refractivity contribution < 1.29 is 13.2 Å². The number of nitrogens with one attached hydrogen (secondary N) is 1. The highest BCUT2D eigenvalue weighted by Gasteiger charge is 2.29. The monoisotopic (exact) mass is 387 g/mol. The van der Waals surface area contributed by atoms with Gasteiger partial charge >= 0.3 is 6.18 Å². The average Bonchev–Trinajstić information content (AvgIpc) is 2.37. The summed E-state index contributed by atoms with van der Waals surface area (Å²) in [7, 11) is 0. The first-order chi connectivity index (χ1) is 9.74. The number of rotatable bonds is 7. The molecule has 0 radical (unpaired) electrons. The summed E-state index contributed by atoms with van der Waals surface area (Å²) < 4.78 is 37.4. The van der Waals surface area contributed by atoms with E-state index in [1.807, 2.05) is 6.92 Å². The molecule has 1 aromatic rings. The van der Waals surface area contributed by atoms with Gasteiger partial charge in [-0.15, -0.1) is 0 Å². The molecule has 0 aliphatic heterocycles. The maximum Gasteiger partial charge on any atom is 0.408 e. The summed E-state index contributed by atoms with van der Waals surface area (Å²) in [6.07, 6.45) is -2.35. The Kier molecular flexibility index (Phi) is 7.05. The Morgan fingerprint density at radius 3 is 2.76 bits per heavy atom. The van der Waals surface area contributed by atoms with Crippen LogP contribution < -0.4 is 10.9 Å². The average molecular weight is 388 g/mol. The Labute approximate surface area is 133 Å². The summed E-state index contributed by atoms with van der Waals surface area (Å²) in [6, 6.07) is 0.0972. The van der Waals surface area contributed by atoms with E-state index in [4.69, 9.17) is 0 Å². The van der Waals surface area contributed by atoms with Crippen LogP contribution in [0.2, 0.25) is 0 Å². The summed E-state index contributed by atoms with van der Waals surface area (Å²) in [4.78, 5) is 11.8. The van der Waals surface area contributed by atoms with Crippen LogP contribution >= 0.6 is 27.7 Å². The second-order valence-electron chi connectivity index (χ2n) is 4.48. The lowest BCUT2D eigenvalue weighted by atomic mass is 10.2. The Hall–Kier alpha value is -0.700. The Bertz CT molecular complexity index is 521. The van der Waals surface area contributed by atoms with Crippen molar-refractivity contribution in [3.63, 3.8) is 0 Å². The van der Waals surface area contributed by atoms with Crippen LogP contribution in [0.4, 0.5) is 18.9 Å². The third kappa shape index (κ3) is 6.29. The van der Waals surface area contributed by atoms with Gasteiger partial charge in [-0.1, -0.05) is 6.92 Å². The van der Waals surface area contributed by atoms with E-state index < -0.39 is 18.3 Å². The van der Waals surface area contributed by atoms with Crippen molar-refractivity contribution in [3.05, 3.63) is 21.0 Å². The van der Waals surface area contributed by atoms with Gasteiger partial charge in [-0.2, -0.15) is 30.0 Å². The maximum absolute atomic E-state index is 12.3. The summed E-state index contributed by atoms with van der Waals surface area (Å²) in [6.45, 7) is 2.63. The van der Waals surface area contributed by atoms with Crippen LogP contribution in [0.3, 0.4) is 0 Å². The number of nitrogens with zero attached hydrogens (tertiary/aromatic N) is 2. The van der Waals surface area contributed by atoms with Gasteiger partial charge in [0.05, 0.1) is 11.9 Å². The molecule has 0 amide bonds. The fourth-order valence-electron chi connectivity index (χ4n) is 1.59. The topological polar surface area (TPSA) is 46.9 Å². The number of anilines is 1. The SMILES string of the molecule is CCSCCC(C)Nc1cnn(CC(F)(F)F)c(=O)c1Br. The molecule has 1 atom stereocenters. The lowest BCUT2D eigenvalue weighted by molar-refractivity contribution is -0.143. The minimum atomic E-state index is -4.48. The predicted octanol–water partition coefficient (Wildman–Crippen LogP) is 3.51. The second kappa shape index (κ2) is 8.07. The number of aromatic nitrogens is 2.